The molecule has 1 unspecified atom stereocenters. The number of para-hydroxylation sites is 1. The Morgan fingerprint density at radius 1 is 1.07 bits per heavy atom. The van der Waals surface area contributed by atoms with Crippen LogP contribution in [0.2, 0.25) is 0 Å². The van der Waals surface area contributed by atoms with Gasteiger partial charge in [0.15, 0.2) is 11.4 Å². The van der Waals surface area contributed by atoms with E-state index in [1.54, 1.807) is 48.4 Å². The third-order valence-electron chi connectivity index (χ3n) is 5.86. The van der Waals surface area contributed by atoms with Crippen molar-refractivity contribution in [1.29, 1.82) is 0 Å². The van der Waals surface area contributed by atoms with Crippen LogP contribution >= 0.6 is 0 Å². The van der Waals surface area contributed by atoms with Crippen molar-refractivity contribution in [2.45, 2.75) is 31.3 Å². The molecular formula is C23H26N2O4. The Hall–Kier alpha value is -2.70. The van der Waals surface area contributed by atoms with Crippen molar-refractivity contribution >= 4 is 17.4 Å². The minimum Gasteiger partial charge on any atom is -0.497 e. The molecule has 2 heterocycles. The van der Waals surface area contributed by atoms with E-state index in [0.29, 0.717) is 29.2 Å². The number of carbonyl (C=O) groups is 2. The van der Waals surface area contributed by atoms with Crippen LogP contribution < -0.4 is 9.64 Å². The maximum atomic E-state index is 13.3. The number of likely N-dealkylation sites (tertiary alicyclic amines) is 1. The summed E-state index contributed by atoms with van der Waals surface area (Å²) in [5.74, 6) is -0.0560. The van der Waals surface area contributed by atoms with Crippen LogP contribution in [0.15, 0.2) is 48.5 Å². The standard InChI is InChI=1S/C23H26N2O4/c1-29-18-11-9-17(10-12-18)21(26)15-23(28)19-7-3-4-8-20(19)25(22(23)27)16-24-13-5-2-6-14-24/h3-4,7-12,28H,2,5-6,13-16H2,1H3. The highest BCUT2D eigenvalue weighted by Gasteiger charge is 2.51. The number of aliphatic hydroxyl groups is 1. The van der Waals surface area contributed by atoms with Gasteiger partial charge in [-0.2, -0.15) is 0 Å². The molecule has 0 aromatic heterocycles. The van der Waals surface area contributed by atoms with E-state index in [2.05, 4.69) is 4.90 Å². The van der Waals surface area contributed by atoms with Gasteiger partial charge in [-0.15, -0.1) is 0 Å². The Morgan fingerprint density at radius 2 is 1.76 bits per heavy atom. The molecule has 1 amide bonds. The van der Waals surface area contributed by atoms with Gasteiger partial charge >= 0.3 is 0 Å². The lowest BCUT2D eigenvalue weighted by Crippen LogP contribution is -2.47. The van der Waals surface area contributed by atoms with Crippen molar-refractivity contribution in [2.24, 2.45) is 0 Å². The van der Waals surface area contributed by atoms with Crippen LogP contribution in [-0.4, -0.2) is 48.6 Å². The van der Waals surface area contributed by atoms with Gasteiger partial charge in [-0.3, -0.25) is 19.4 Å². The quantitative estimate of drug-likeness (QED) is 0.763. The number of carbonyl (C=O) groups excluding carboxylic acids is 2. The summed E-state index contributed by atoms with van der Waals surface area (Å²) >= 11 is 0. The fourth-order valence-corrected chi connectivity index (χ4v) is 4.23. The van der Waals surface area contributed by atoms with Crippen LogP contribution in [0.1, 0.15) is 41.6 Å². The number of amides is 1. The Morgan fingerprint density at radius 3 is 2.45 bits per heavy atom. The molecule has 0 spiro atoms. The number of methoxy groups -OCH3 is 1. The third kappa shape index (κ3) is 3.66. The molecule has 0 saturated carbocycles. The van der Waals surface area contributed by atoms with Crippen LogP contribution in [0.3, 0.4) is 0 Å². The Balaban J connectivity index is 1.59. The highest BCUT2D eigenvalue weighted by atomic mass is 16.5. The second-order valence-corrected chi connectivity index (χ2v) is 7.76. The highest BCUT2D eigenvalue weighted by Crippen LogP contribution is 2.43. The zero-order valence-corrected chi connectivity index (χ0v) is 16.6. The number of rotatable bonds is 6. The predicted molar refractivity (Wildman–Crippen MR) is 110 cm³/mol. The fraction of sp³-hybridized carbons (Fsp3) is 0.391. The number of piperidine rings is 1. The lowest BCUT2D eigenvalue weighted by atomic mass is 9.88. The van der Waals surface area contributed by atoms with E-state index >= 15 is 0 Å². The summed E-state index contributed by atoms with van der Waals surface area (Å²) in [5, 5.41) is 11.4. The van der Waals surface area contributed by atoms with Gasteiger partial charge in [0, 0.05) is 11.1 Å². The van der Waals surface area contributed by atoms with Gasteiger partial charge in [0.1, 0.15) is 5.75 Å². The van der Waals surface area contributed by atoms with E-state index < -0.39 is 11.5 Å². The second-order valence-electron chi connectivity index (χ2n) is 7.76. The minimum absolute atomic E-state index is 0.280. The third-order valence-corrected chi connectivity index (χ3v) is 5.86. The average molecular weight is 394 g/mol. The van der Waals surface area contributed by atoms with Crippen LogP contribution in [0.4, 0.5) is 5.69 Å². The molecule has 2 aliphatic heterocycles. The minimum atomic E-state index is -1.84. The maximum absolute atomic E-state index is 13.3. The summed E-state index contributed by atoms with van der Waals surface area (Å²) in [5.41, 5.74) is -0.209. The molecule has 0 aliphatic carbocycles. The Kier molecular flexibility index (Phi) is 5.39. The molecule has 1 N–H and O–H groups in total. The van der Waals surface area contributed by atoms with E-state index in [4.69, 9.17) is 4.74 Å². The summed E-state index contributed by atoms with van der Waals surface area (Å²) in [4.78, 5) is 30.0. The molecule has 1 atom stereocenters. The van der Waals surface area contributed by atoms with E-state index in [0.717, 1.165) is 25.9 Å². The zero-order chi connectivity index (χ0) is 20.4. The normalized spacial score (nSPS) is 21.9. The molecule has 0 radical (unpaired) electrons. The first kappa shape index (κ1) is 19.6. The number of hydrogen-bond donors (Lipinski definition) is 1. The molecule has 2 aliphatic rings. The number of ketones is 1. The number of fused-ring (bicyclic) bond motifs is 1. The van der Waals surface area contributed by atoms with Crippen LogP contribution in [0.5, 0.6) is 5.75 Å². The number of anilines is 1. The van der Waals surface area contributed by atoms with E-state index in [9.17, 15) is 14.7 Å². The SMILES string of the molecule is COc1ccc(C(=O)CC2(O)C(=O)N(CN3CCCCC3)c3ccccc32)cc1. The Labute approximate surface area is 170 Å². The van der Waals surface area contributed by atoms with Crippen LogP contribution in [0, 0.1) is 0 Å². The molecule has 0 bridgehead atoms. The predicted octanol–water partition coefficient (Wildman–Crippen LogP) is 2.95. The molecule has 29 heavy (non-hydrogen) atoms. The lowest BCUT2D eigenvalue weighted by molar-refractivity contribution is -0.136. The van der Waals surface area contributed by atoms with Crippen molar-refractivity contribution in [3.63, 3.8) is 0 Å². The number of ether oxygens (including phenoxy) is 1. The second kappa shape index (κ2) is 7.97. The van der Waals surface area contributed by atoms with Crippen molar-refractivity contribution in [3.8, 4) is 5.75 Å². The number of benzene rings is 2. The monoisotopic (exact) mass is 394 g/mol. The van der Waals surface area contributed by atoms with Crippen molar-refractivity contribution < 1.29 is 19.4 Å². The molecule has 6 nitrogen and oxygen atoms in total. The van der Waals surface area contributed by atoms with Gasteiger partial charge in [-0.25, -0.2) is 0 Å². The molecule has 1 fully saturated rings. The first-order valence-corrected chi connectivity index (χ1v) is 10.1. The van der Waals surface area contributed by atoms with Gasteiger partial charge in [-0.1, -0.05) is 24.6 Å². The number of nitrogens with zero attached hydrogens (tertiary/aromatic N) is 2. The summed E-state index contributed by atoms with van der Waals surface area (Å²) in [7, 11) is 1.56. The molecular weight excluding hydrogens is 368 g/mol. The summed E-state index contributed by atoms with van der Waals surface area (Å²) in [6.07, 6.45) is 3.15. The van der Waals surface area contributed by atoms with Crippen molar-refractivity contribution in [2.75, 3.05) is 31.8 Å². The fourth-order valence-electron chi connectivity index (χ4n) is 4.23. The smallest absolute Gasteiger partial charge is 0.265 e. The molecule has 2 aromatic carbocycles. The zero-order valence-electron chi connectivity index (χ0n) is 16.6. The van der Waals surface area contributed by atoms with Gasteiger partial charge in [0.2, 0.25) is 0 Å². The van der Waals surface area contributed by atoms with Gasteiger partial charge in [0.05, 0.1) is 25.9 Å². The van der Waals surface area contributed by atoms with E-state index in [1.807, 2.05) is 12.1 Å². The molecule has 1 saturated heterocycles. The summed E-state index contributed by atoms with van der Waals surface area (Å²) in [6, 6.07) is 13.9. The van der Waals surface area contributed by atoms with Gasteiger partial charge < -0.3 is 9.84 Å². The van der Waals surface area contributed by atoms with Crippen LogP contribution in [-0.2, 0) is 10.4 Å². The summed E-state index contributed by atoms with van der Waals surface area (Å²) < 4.78 is 5.13. The van der Waals surface area contributed by atoms with E-state index in [-0.39, 0.29) is 12.2 Å². The van der Waals surface area contributed by atoms with Crippen LogP contribution in [0.25, 0.3) is 0 Å². The largest absolute Gasteiger partial charge is 0.497 e. The topological polar surface area (TPSA) is 70.1 Å². The van der Waals surface area contributed by atoms with Gasteiger partial charge in [0.25, 0.3) is 5.91 Å². The number of hydrogen-bond acceptors (Lipinski definition) is 5. The van der Waals surface area contributed by atoms with Crippen molar-refractivity contribution in [1.82, 2.24) is 4.90 Å². The first-order chi connectivity index (χ1) is 14.0. The Bertz CT molecular complexity index is 905. The number of Topliss-reactive ketones (excluding diaryl/α,β-unsaturated/α-hetero) is 1. The first-order valence-electron chi connectivity index (χ1n) is 10.1. The maximum Gasteiger partial charge on any atom is 0.265 e. The lowest BCUT2D eigenvalue weighted by Gasteiger charge is -2.31. The highest BCUT2D eigenvalue weighted by molar-refractivity contribution is 6.10. The molecule has 2 aromatic rings. The average Bonchev–Trinajstić information content (AvgIpc) is 2.96. The summed E-state index contributed by atoms with van der Waals surface area (Å²) in [6.45, 7) is 2.32. The molecule has 6 heteroatoms. The molecule has 4 rings (SSSR count). The molecule has 152 valence electrons. The van der Waals surface area contributed by atoms with Crippen molar-refractivity contribution in [3.05, 3.63) is 59.7 Å². The van der Waals surface area contributed by atoms with Gasteiger partial charge in [-0.05, 0) is 56.3 Å². The van der Waals surface area contributed by atoms with E-state index in [1.165, 1.54) is 6.42 Å².